The Morgan fingerprint density at radius 3 is 1.83 bits per heavy atom. The average molecular weight is 769 g/mol. The van der Waals surface area contributed by atoms with Crippen molar-refractivity contribution in [3.63, 3.8) is 0 Å². The van der Waals surface area contributed by atoms with Crippen LogP contribution in [0.5, 0.6) is 0 Å². The fourth-order valence-corrected chi connectivity index (χ4v) is 9.90. The Balaban J connectivity index is 1.05. The molecule has 0 saturated carbocycles. The minimum absolute atomic E-state index is 0.0987. The predicted octanol–water partition coefficient (Wildman–Crippen LogP) is 15.8. The summed E-state index contributed by atoms with van der Waals surface area (Å²) in [6.45, 7) is 4.70. The Kier molecular flexibility index (Phi) is 7.58. The van der Waals surface area contributed by atoms with E-state index < -0.39 is 0 Å². The van der Waals surface area contributed by atoms with Crippen LogP contribution < -0.4 is 4.90 Å². The van der Waals surface area contributed by atoms with Crippen molar-refractivity contribution >= 4 is 60.8 Å². The molecule has 2 aromatic heterocycles. The van der Waals surface area contributed by atoms with E-state index in [-0.39, 0.29) is 5.41 Å². The van der Waals surface area contributed by atoms with Crippen LogP contribution in [0.1, 0.15) is 25.0 Å². The van der Waals surface area contributed by atoms with Gasteiger partial charge in [0.1, 0.15) is 5.58 Å². The van der Waals surface area contributed by atoms with E-state index in [2.05, 4.69) is 230 Å². The quantitative estimate of drug-likeness (QED) is 0.168. The molecule has 2 heterocycles. The van der Waals surface area contributed by atoms with Gasteiger partial charge in [-0.15, -0.1) is 0 Å². The van der Waals surface area contributed by atoms with Gasteiger partial charge in [0.15, 0.2) is 5.58 Å². The van der Waals surface area contributed by atoms with E-state index in [4.69, 9.17) is 4.42 Å². The standard InChI is InChI=1S/C57H40N2O/c1-57(2)50-22-12-9-19-44(50)45-34-33-43(35-51(45)57)58(40-17-7-4-8-18-40)41-31-27-39(28-32-41)48-36-49-46-20-11-14-24-53(46)60-56(49)55-54(48)47-21-10-13-23-52(47)59(55)42-29-25-38(26-30-42)37-15-5-3-6-16-37/h3-36H,1-2H3. The predicted molar refractivity (Wildman–Crippen MR) is 251 cm³/mol. The van der Waals surface area contributed by atoms with E-state index in [9.17, 15) is 0 Å². The SMILES string of the molecule is CC1(C)c2ccccc2-c2ccc(N(c3ccccc3)c3ccc(-c4cc5c6ccccc6oc5c5c4c4ccccc4n5-c4ccc(-c5ccccc5)cc4)cc3)cc21. The molecule has 0 unspecified atom stereocenters. The number of rotatable bonds is 6. The van der Waals surface area contributed by atoms with E-state index in [0.29, 0.717) is 0 Å². The van der Waals surface area contributed by atoms with Crippen molar-refractivity contribution in [2.45, 2.75) is 19.3 Å². The van der Waals surface area contributed by atoms with Crippen LogP contribution in [0.15, 0.2) is 211 Å². The zero-order valence-electron chi connectivity index (χ0n) is 33.4. The normalized spacial score (nSPS) is 13.0. The molecule has 12 rings (SSSR count). The van der Waals surface area contributed by atoms with Crippen LogP contribution in [0.25, 0.3) is 82.8 Å². The zero-order valence-corrected chi connectivity index (χ0v) is 33.4. The molecular weight excluding hydrogens is 729 g/mol. The van der Waals surface area contributed by atoms with E-state index >= 15 is 0 Å². The first kappa shape index (κ1) is 34.4. The molecule has 3 nitrogen and oxygen atoms in total. The number of aromatic nitrogens is 1. The van der Waals surface area contributed by atoms with Gasteiger partial charge in [-0.05, 0) is 111 Å². The molecule has 0 saturated heterocycles. The topological polar surface area (TPSA) is 21.3 Å². The highest BCUT2D eigenvalue weighted by Gasteiger charge is 2.35. The number of anilines is 3. The van der Waals surface area contributed by atoms with Gasteiger partial charge in [0.05, 0.1) is 11.0 Å². The summed E-state index contributed by atoms with van der Waals surface area (Å²) in [6, 6.07) is 74.7. The van der Waals surface area contributed by atoms with Gasteiger partial charge >= 0.3 is 0 Å². The third kappa shape index (κ3) is 5.15. The van der Waals surface area contributed by atoms with Crippen LogP contribution in [0, 0.1) is 0 Å². The summed E-state index contributed by atoms with van der Waals surface area (Å²) in [5.74, 6) is 0. The second-order valence-electron chi connectivity index (χ2n) is 16.5. The Labute approximate surface area is 349 Å². The molecule has 0 bridgehead atoms. The fourth-order valence-electron chi connectivity index (χ4n) is 9.90. The van der Waals surface area contributed by atoms with Gasteiger partial charge < -0.3 is 13.9 Å². The third-order valence-corrected chi connectivity index (χ3v) is 12.8. The maximum atomic E-state index is 6.83. The maximum Gasteiger partial charge on any atom is 0.160 e. The van der Waals surface area contributed by atoms with Crippen LogP contribution in [0.3, 0.4) is 0 Å². The van der Waals surface area contributed by atoms with Crippen molar-refractivity contribution in [3.05, 3.63) is 217 Å². The molecule has 284 valence electrons. The Hall–Kier alpha value is -7.62. The number of hydrogen-bond acceptors (Lipinski definition) is 2. The summed E-state index contributed by atoms with van der Waals surface area (Å²) in [5, 5.41) is 4.58. The second kappa shape index (κ2) is 13.2. The van der Waals surface area contributed by atoms with Crippen molar-refractivity contribution in [2.24, 2.45) is 0 Å². The summed E-state index contributed by atoms with van der Waals surface area (Å²) in [5.41, 5.74) is 18.5. The van der Waals surface area contributed by atoms with Crippen LogP contribution in [0.4, 0.5) is 17.1 Å². The summed E-state index contributed by atoms with van der Waals surface area (Å²) >= 11 is 0. The van der Waals surface area contributed by atoms with Gasteiger partial charge in [-0.3, -0.25) is 0 Å². The number of nitrogens with zero attached hydrogens (tertiary/aromatic N) is 2. The first-order valence-corrected chi connectivity index (χ1v) is 20.8. The van der Waals surface area contributed by atoms with Gasteiger partial charge in [0.2, 0.25) is 0 Å². The van der Waals surface area contributed by atoms with Gasteiger partial charge in [-0.25, -0.2) is 0 Å². The summed E-state index contributed by atoms with van der Waals surface area (Å²) in [6.07, 6.45) is 0. The van der Waals surface area contributed by atoms with Crippen molar-refractivity contribution in [2.75, 3.05) is 4.90 Å². The average Bonchev–Trinajstić information content (AvgIpc) is 3.93. The van der Waals surface area contributed by atoms with Gasteiger partial charge in [-0.2, -0.15) is 0 Å². The minimum Gasteiger partial charge on any atom is -0.454 e. The molecule has 1 aliphatic carbocycles. The smallest absolute Gasteiger partial charge is 0.160 e. The van der Waals surface area contributed by atoms with Gasteiger partial charge in [0.25, 0.3) is 0 Å². The molecule has 60 heavy (non-hydrogen) atoms. The number of para-hydroxylation sites is 3. The van der Waals surface area contributed by atoms with Crippen molar-refractivity contribution in [1.29, 1.82) is 0 Å². The molecule has 0 radical (unpaired) electrons. The molecule has 0 N–H and O–H groups in total. The lowest BCUT2D eigenvalue weighted by Gasteiger charge is -2.28. The fraction of sp³-hybridized carbons (Fsp3) is 0.0526. The molecule has 0 spiro atoms. The number of furan rings is 1. The Morgan fingerprint density at radius 1 is 0.433 bits per heavy atom. The highest BCUT2D eigenvalue weighted by atomic mass is 16.3. The van der Waals surface area contributed by atoms with E-state index in [1.807, 2.05) is 0 Å². The van der Waals surface area contributed by atoms with Crippen molar-refractivity contribution < 1.29 is 4.42 Å². The third-order valence-electron chi connectivity index (χ3n) is 12.8. The molecule has 1 aliphatic rings. The molecule has 11 aromatic rings. The monoisotopic (exact) mass is 768 g/mol. The van der Waals surface area contributed by atoms with Crippen LogP contribution in [0.2, 0.25) is 0 Å². The second-order valence-corrected chi connectivity index (χ2v) is 16.5. The van der Waals surface area contributed by atoms with Crippen molar-refractivity contribution in [1.82, 2.24) is 4.57 Å². The van der Waals surface area contributed by atoms with E-state index in [0.717, 1.165) is 61.3 Å². The summed E-state index contributed by atoms with van der Waals surface area (Å²) in [4.78, 5) is 2.39. The lowest BCUT2D eigenvalue weighted by molar-refractivity contribution is 0.660. The molecule has 0 amide bonds. The number of fused-ring (bicyclic) bond motifs is 10. The minimum atomic E-state index is -0.0987. The Bertz CT molecular complexity index is 3430. The largest absolute Gasteiger partial charge is 0.454 e. The number of benzene rings is 9. The van der Waals surface area contributed by atoms with E-state index in [1.54, 1.807) is 0 Å². The first-order chi connectivity index (χ1) is 29.5. The lowest BCUT2D eigenvalue weighted by Crippen LogP contribution is -2.16. The maximum absolute atomic E-state index is 6.83. The lowest BCUT2D eigenvalue weighted by atomic mass is 9.82. The Morgan fingerprint density at radius 2 is 1.03 bits per heavy atom. The number of hydrogen-bond donors (Lipinski definition) is 0. The highest BCUT2D eigenvalue weighted by Crippen LogP contribution is 2.51. The molecule has 0 atom stereocenters. The molecule has 3 heteroatoms. The molecule has 0 fully saturated rings. The molecule has 9 aromatic carbocycles. The van der Waals surface area contributed by atoms with Gasteiger partial charge in [-0.1, -0.05) is 153 Å². The van der Waals surface area contributed by atoms with E-state index in [1.165, 1.54) is 49.7 Å². The summed E-state index contributed by atoms with van der Waals surface area (Å²) in [7, 11) is 0. The molecule has 0 aliphatic heterocycles. The van der Waals surface area contributed by atoms with Crippen molar-refractivity contribution in [3.8, 4) is 39.1 Å². The van der Waals surface area contributed by atoms with Crippen LogP contribution in [-0.4, -0.2) is 4.57 Å². The molecular formula is C57H40N2O. The zero-order chi connectivity index (χ0) is 40.0. The summed E-state index contributed by atoms with van der Waals surface area (Å²) < 4.78 is 9.22. The highest BCUT2D eigenvalue weighted by molar-refractivity contribution is 6.26. The van der Waals surface area contributed by atoms with Crippen LogP contribution >= 0.6 is 0 Å². The van der Waals surface area contributed by atoms with Gasteiger partial charge in [0, 0.05) is 49.7 Å². The first-order valence-electron chi connectivity index (χ1n) is 20.8. The van der Waals surface area contributed by atoms with Crippen LogP contribution in [-0.2, 0) is 5.41 Å².